The fourth-order valence-electron chi connectivity index (χ4n) is 1.06. The summed E-state index contributed by atoms with van der Waals surface area (Å²) in [7, 11) is 0. The lowest BCUT2D eigenvalue weighted by Gasteiger charge is -1.94. The normalized spacial score (nSPS) is 10.3. The van der Waals surface area contributed by atoms with Crippen molar-refractivity contribution in [3.05, 3.63) is 18.0 Å². The highest BCUT2D eigenvalue weighted by atomic mass is 16.3. The molecule has 72 valence electrons. The Morgan fingerprint density at radius 3 is 3.00 bits per heavy atom. The van der Waals surface area contributed by atoms with E-state index >= 15 is 0 Å². The topological polar surface area (TPSA) is 55.1 Å². The Hall–Kier alpha value is -1.16. The number of carbonyl (C=O) groups is 1. The molecule has 13 heavy (non-hydrogen) atoms. The minimum atomic E-state index is 0.0498. The van der Waals surface area contributed by atoms with Gasteiger partial charge < -0.3 is 5.11 Å². The summed E-state index contributed by atoms with van der Waals surface area (Å²) in [5.41, 5.74) is 0.635. The Bertz CT molecular complexity index is 281. The van der Waals surface area contributed by atoms with Crippen molar-refractivity contribution in [2.45, 2.75) is 26.3 Å². The highest BCUT2D eigenvalue weighted by Gasteiger charge is 2.07. The Morgan fingerprint density at radius 1 is 1.69 bits per heavy atom. The summed E-state index contributed by atoms with van der Waals surface area (Å²) in [5.74, 6) is 0.0498. The van der Waals surface area contributed by atoms with Crippen LogP contribution in [0.2, 0.25) is 0 Å². The number of aryl methyl sites for hydroxylation is 1. The van der Waals surface area contributed by atoms with Gasteiger partial charge in [-0.05, 0) is 13.3 Å². The average molecular weight is 182 g/mol. The number of Topliss-reactive ketones (excluding diaryl/α,β-unsaturated/α-hetero) is 1. The van der Waals surface area contributed by atoms with Crippen molar-refractivity contribution >= 4 is 5.78 Å². The van der Waals surface area contributed by atoms with Gasteiger partial charge in [-0.2, -0.15) is 5.10 Å². The van der Waals surface area contributed by atoms with E-state index in [0.717, 1.165) is 6.54 Å². The molecular weight excluding hydrogens is 168 g/mol. The van der Waals surface area contributed by atoms with Gasteiger partial charge >= 0.3 is 0 Å². The number of nitrogens with zero attached hydrogens (tertiary/aromatic N) is 2. The van der Waals surface area contributed by atoms with Crippen LogP contribution in [0.5, 0.6) is 0 Å². The van der Waals surface area contributed by atoms with Gasteiger partial charge in [0, 0.05) is 25.8 Å². The van der Waals surface area contributed by atoms with E-state index in [1.165, 1.54) is 0 Å². The van der Waals surface area contributed by atoms with Gasteiger partial charge in [0.15, 0.2) is 5.78 Å². The number of ketones is 1. The SMILES string of the molecule is CCn1cc(C(=O)CCCO)cn1. The molecule has 1 heterocycles. The van der Waals surface area contributed by atoms with Crippen LogP contribution in [0.3, 0.4) is 0 Å². The van der Waals surface area contributed by atoms with Crippen LogP contribution in [0.15, 0.2) is 12.4 Å². The smallest absolute Gasteiger partial charge is 0.166 e. The maximum absolute atomic E-state index is 11.4. The zero-order valence-corrected chi connectivity index (χ0v) is 7.73. The van der Waals surface area contributed by atoms with Gasteiger partial charge in [0.2, 0.25) is 0 Å². The van der Waals surface area contributed by atoms with Crippen LogP contribution < -0.4 is 0 Å². The molecule has 0 unspecified atom stereocenters. The summed E-state index contributed by atoms with van der Waals surface area (Å²) in [6.07, 6.45) is 4.23. The second-order valence-corrected chi connectivity index (χ2v) is 2.84. The number of rotatable bonds is 5. The minimum Gasteiger partial charge on any atom is -0.396 e. The molecule has 4 nitrogen and oxygen atoms in total. The van der Waals surface area contributed by atoms with Gasteiger partial charge in [0.1, 0.15) is 0 Å². The molecule has 0 fully saturated rings. The van der Waals surface area contributed by atoms with Gasteiger partial charge in [0.25, 0.3) is 0 Å². The lowest BCUT2D eigenvalue weighted by Crippen LogP contribution is -1.99. The fraction of sp³-hybridized carbons (Fsp3) is 0.556. The first-order valence-corrected chi connectivity index (χ1v) is 4.44. The first-order valence-electron chi connectivity index (χ1n) is 4.44. The molecule has 0 atom stereocenters. The Kier molecular flexibility index (Phi) is 3.64. The molecule has 1 N–H and O–H groups in total. The maximum atomic E-state index is 11.4. The van der Waals surface area contributed by atoms with E-state index in [0.29, 0.717) is 18.4 Å². The van der Waals surface area contributed by atoms with Crippen molar-refractivity contribution in [3.8, 4) is 0 Å². The van der Waals surface area contributed by atoms with Gasteiger partial charge in [-0.15, -0.1) is 0 Å². The van der Waals surface area contributed by atoms with Crippen molar-refractivity contribution in [3.63, 3.8) is 0 Å². The molecule has 0 saturated carbocycles. The van der Waals surface area contributed by atoms with E-state index in [1.54, 1.807) is 17.1 Å². The molecule has 4 heteroatoms. The predicted octanol–water partition coefficient (Wildman–Crippen LogP) is 0.858. The van der Waals surface area contributed by atoms with Crippen LogP contribution in [-0.2, 0) is 6.54 Å². The molecule has 0 aliphatic carbocycles. The molecule has 0 aromatic carbocycles. The third-order valence-electron chi connectivity index (χ3n) is 1.84. The zero-order valence-electron chi connectivity index (χ0n) is 7.73. The van der Waals surface area contributed by atoms with E-state index in [4.69, 9.17) is 5.11 Å². The van der Waals surface area contributed by atoms with Crippen LogP contribution in [0, 0.1) is 0 Å². The molecule has 1 aromatic heterocycles. The number of aliphatic hydroxyl groups excluding tert-OH is 1. The third kappa shape index (κ3) is 2.66. The predicted molar refractivity (Wildman–Crippen MR) is 48.6 cm³/mol. The first-order chi connectivity index (χ1) is 6.27. The van der Waals surface area contributed by atoms with Crippen LogP contribution in [0.4, 0.5) is 0 Å². The summed E-state index contributed by atoms with van der Waals surface area (Å²) in [4.78, 5) is 11.4. The number of hydrogen-bond acceptors (Lipinski definition) is 3. The van der Waals surface area contributed by atoms with Gasteiger partial charge in [-0.3, -0.25) is 9.48 Å². The second-order valence-electron chi connectivity index (χ2n) is 2.84. The second kappa shape index (κ2) is 4.77. The molecule has 0 aliphatic heterocycles. The fourth-order valence-corrected chi connectivity index (χ4v) is 1.06. The van der Waals surface area contributed by atoms with Crippen LogP contribution in [0.1, 0.15) is 30.1 Å². The van der Waals surface area contributed by atoms with E-state index in [2.05, 4.69) is 5.10 Å². The molecule has 0 saturated heterocycles. The Morgan fingerprint density at radius 2 is 2.46 bits per heavy atom. The summed E-state index contributed by atoms with van der Waals surface area (Å²) in [6, 6.07) is 0. The molecule has 0 radical (unpaired) electrons. The van der Waals surface area contributed by atoms with Crippen LogP contribution in [0.25, 0.3) is 0 Å². The van der Waals surface area contributed by atoms with Gasteiger partial charge in [-0.25, -0.2) is 0 Å². The lowest BCUT2D eigenvalue weighted by atomic mass is 10.1. The molecule has 0 amide bonds. The summed E-state index contributed by atoms with van der Waals surface area (Å²) < 4.78 is 1.71. The Balaban J connectivity index is 2.55. The van der Waals surface area contributed by atoms with Crippen LogP contribution >= 0.6 is 0 Å². The standard InChI is InChI=1S/C9H14N2O2/c1-2-11-7-8(6-10-11)9(13)4-3-5-12/h6-7,12H,2-5H2,1H3. The molecular formula is C9H14N2O2. The zero-order chi connectivity index (χ0) is 9.68. The van der Waals surface area contributed by atoms with E-state index in [1.807, 2.05) is 6.92 Å². The summed E-state index contributed by atoms with van der Waals surface area (Å²) >= 11 is 0. The molecule has 0 aliphatic rings. The molecule has 0 spiro atoms. The average Bonchev–Trinajstić information content (AvgIpc) is 2.62. The third-order valence-corrected chi connectivity index (χ3v) is 1.84. The lowest BCUT2D eigenvalue weighted by molar-refractivity contribution is 0.0971. The van der Waals surface area contributed by atoms with Gasteiger partial charge in [-0.1, -0.05) is 0 Å². The first kappa shape index (κ1) is 9.92. The van der Waals surface area contributed by atoms with Crippen molar-refractivity contribution in [2.24, 2.45) is 0 Å². The monoisotopic (exact) mass is 182 g/mol. The highest BCUT2D eigenvalue weighted by molar-refractivity contribution is 5.95. The number of hydrogen-bond donors (Lipinski definition) is 1. The highest BCUT2D eigenvalue weighted by Crippen LogP contribution is 2.03. The van der Waals surface area contributed by atoms with E-state index < -0.39 is 0 Å². The van der Waals surface area contributed by atoms with E-state index in [-0.39, 0.29) is 12.4 Å². The van der Waals surface area contributed by atoms with Crippen LogP contribution in [-0.4, -0.2) is 27.3 Å². The molecule has 1 rings (SSSR count). The number of carbonyl (C=O) groups excluding carboxylic acids is 1. The van der Waals surface area contributed by atoms with Crippen molar-refractivity contribution in [1.29, 1.82) is 0 Å². The van der Waals surface area contributed by atoms with Crippen molar-refractivity contribution in [1.82, 2.24) is 9.78 Å². The summed E-state index contributed by atoms with van der Waals surface area (Å²) in [6.45, 7) is 2.80. The molecule has 1 aromatic rings. The number of aromatic nitrogens is 2. The van der Waals surface area contributed by atoms with Crippen molar-refractivity contribution < 1.29 is 9.90 Å². The molecule has 0 bridgehead atoms. The largest absolute Gasteiger partial charge is 0.396 e. The summed E-state index contributed by atoms with van der Waals surface area (Å²) in [5, 5.41) is 12.5. The minimum absolute atomic E-state index is 0.0498. The van der Waals surface area contributed by atoms with Gasteiger partial charge in [0.05, 0.1) is 11.8 Å². The van der Waals surface area contributed by atoms with Crippen molar-refractivity contribution in [2.75, 3.05) is 6.61 Å². The van der Waals surface area contributed by atoms with E-state index in [9.17, 15) is 4.79 Å². The maximum Gasteiger partial charge on any atom is 0.166 e. The Labute approximate surface area is 77.2 Å². The quantitative estimate of drug-likeness (QED) is 0.687. The number of aliphatic hydroxyl groups is 1.